The SMILES string of the molecule is Cc1ncc([N+](=O)[O-])n1CC(=O)C1=C(O)C(CC(C)C)NC1=O. The number of nitro groups is 1. The van der Waals surface area contributed by atoms with Crippen LogP contribution in [0.1, 0.15) is 26.1 Å². The van der Waals surface area contributed by atoms with E-state index < -0.39 is 29.2 Å². The molecular formula is C14H18N4O5. The summed E-state index contributed by atoms with van der Waals surface area (Å²) in [6, 6.07) is -0.597. The third-order valence-electron chi connectivity index (χ3n) is 3.63. The van der Waals surface area contributed by atoms with Crippen molar-refractivity contribution in [3.63, 3.8) is 0 Å². The quantitative estimate of drug-likeness (QED) is 0.457. The van der Waals surface area contributed by atoms with Gasteiger partial charge in [0.05, 0.1) is 6.04 Å². The molecule has 1 atom stereocenters. The highest BCUT2D eigenvalue weighted by molar-refractivity contribution is 6.21. The number of aliphatic hydroxyl groups is 1. The molecule has 0 fully saturated rings. The zero-order valence-corrected chi connectivity index (χ0v) is 13.1. The largest absolute Gasteiger partial charge is 0.509 e. The van der Waals surface area contributed by atoms with E-state index in [1.54, 1.807) is 0 Å². The maximum Gasteiger partial charge on any atom is 0.343 e. The van der Waals surface area contributed by atoms with Gasteiger partial charge in [0, 0.05) is 6.92 Å². The normalized spacial score (nSPS) is 17.7. The minimum absolute atomic E-state index is 0.217. The van der Waals surface area contributed by atoms with E-state index in [2.05, 4.69) is 10.3 Å². The molecule has 1 aliphatic heterocycles. The monoisotopic (exact) mass is 322 g/mol. The Bertz CT molecular complexity index is 704. The van der Waals surface area contributed by atoms with Crippen LogP contribution in [0, 0.1) is 23.0 Å². The molecule has 0 radical (unpaired) electrons. The number of aromatic nitrogens is 2. The molecule has 9 heteroatoms. The molecule has 0 saturated carbocycles. The first kappa shape index (κ1) is 16.7. The van der Waals surface area contributed by atoms with Crippen molar-refractivity contribution < 1.29 is 19.6 Å². The first-order chi connectivity index (χ1) is 10.7. The molecule has 1 aromatic heterocycles. The number of carbonyl (C=O) groups excluding carboxylic acids is 2. The lowest BCUT2D eigenvalue weighted by molar-refractivity contribution is -0.392. The van der Waals surface area contributed by atoms with Crippen molar-refractivity contribution in [1.29, 1.82) is 0 Å². The van der Waals surface area contributed by atoms with Gasteiger partial charge in [-0.25, -0.2) is 9.55 Å². The molecule has 2 N–H and O–H groups in total. The van der Waals surface area contributed by atoms with E-state index in [-0.39, 0.29) is 28.9 Å². The van der Waals surface area contributed by atoms with Crippen LogP contribution in [0.2, 0.25) is 0 Å². The number of nitrogens with one attached hydrogen (secondary N) is 1. The fraction of sp³-hybridized carbons (Fsp3) is 0.500. The van der Waals surface area contributed by atoms with E-state index in [1.165, 1.54) is 6.92 Å². The van der Waals surface area contributed by atoms with E-state index in [9.17, 15) is 24.8 Å². The van der Waals surface area contributed by atoms with Crippen molar-refractivity contribution >= 4 is 17.5 Å². The summed E-state index contributed by atoms with van der Waals surface area (Å²) >= 11 is 0. The summed E-state index contributed by atoms with van der Waals surface area (Å²) in [6.07, 6.45) is 1.55. The summed E-state index contributed by atoms with van der Waals surface area (Å²) in [5.41, 5.74) is -0.335. The van der Waals surface area contributed by atoms with Crippen LogP contribution >= 0.6 is 0 Å². The molecule has 0 aromatic carbocycles. The number of rotatable bonds is 6. The fourth-order valence-electron chi connectivity index (χ4n) is 2.52. The van der Waals surface area contributed by atoms with Crippen LogP contribution in [0.15, 0.2) is 17.5 Å². The van der Waals surface area contributed by atoms with E-state index in [4.69, 9.17) is 0 Å². The number of aryl methyl sites for hydroxylation is 1. The molecule has 1 unspecified atom stereocenters. The molecule has 9 nitrogen and oxygen atoms in total. The maximum atomic E-state index is 12.3. The number of amides is 1. The molecule has 0 saturated heterocycles. The van der Waals surface area contributed by atoms with Gasteiger partial charge < -0.3 is 20.5 Å². The minimum Gasteiger partial charge on any atom is -0.509 e. The highest BCUT2D eigenvalue weighted by Crippen LogP contribution is 2.23. The molecule has 1 aromatic rings. The molecule has 2 heterocycles. The Morgan fingerprint density at radius 2 is 2.22 bits per heavy atom. The molecule has 124 valence electrons. The average Bonchev–Trinajstić information content (AvgIpc) is 2.91. The first-order valence-electron chi connectivity index (χ1n) is 7.16. The molecule has 0 spiro atoms. The number of hydrogen-bond donors (Lipinski definition) is 2. The van der Waals surface area contributed by atoms with Gasteiger partial charge in [0.25, 0.3) is 5.91 Å². The van der Waals surface area contributed by atoms with Crippen LogP contribution in [0.3, 0.4) is 0 Å². The number of imidazole rings is 1. The lowest BCUT2D eigenvalue weighted by Gasteiger charge is -2.12. The van der Waals surface area contributed by atoms with Gasteiger partial charge in [0.15, 0.2) is 12.4 Å². The molecule has 23 heavy (non-hydrogen) atoms. The number of carbonyl (C=O) groups is 2. The van der Waals surface area contributed by atoms with Crippen LogP contribution in [-0.4, -0.2) is 37.3 Å². The molecule has 0 bridgehead atoms. The van der Waals surface area contributed by atoms with Gasteiger partial charge in [-0.05, 0) is 17.3 Å². The molecule has 1 aliphatic rings. The number of ketones is 1. The summed E-state index contributed by atoms with van der Waals surface area (Å²) in [6.45, 7) is 4.95. The van der Waals surface area contributed by atoms with Crippen molar-refractivity contribution in [3.05, 3.63) is 33.5 Å². The molecular weight excluding hydrogens is 304 g/mol. The Morgan fingerprint density at radius 1 is 1.57 bits per heavy atom. The number of nitrogens with zero attached hydrogens (tertiary/aromatic N) is 3. The third kappa shape index (κ3) is 3.22. The predicted molar refractivity (Wildman–Crippen MR) is 79.7 cm³/mol. The summed E-state index contributed by atoms with van der Waals surface area (Å²) in [5, 5.41) is 23.6. The van der Waals surface area contributed by atoms with Gasteiger partial charge in [0.2, 0.25) is 5.78 Å². The smallest absolute Gasteiger partial charge is 0.343 e. The third-order valence-corrected chi connectivity index (χ3v) is 3.63. The van der Waals surface area contributed by atoms with Gasteiger partial charge in [-0.2, -0.15) is 0 Å². The Kier molecular flexibility index (Phi) is 4.48. The molecule has 0 aliphatic carbocycles. The van der Waals surface area contributed by atoms with Crippen LogP contribution in [0.4, 0.5) is 5.82 Å². The Labute approximate surface area is 132 Å². The van der Waals surface area contributed by atoms with Gasteiger partial charge in [-0.1, -0.05) is 13.8 Å². The van der Waals surface area contributed by atoms with E-state index in [0.717, 1.165) is 10.8 Å². The zero-order chi connectivity index (χ0) is 17.3. The van der Waals surface area contributed by atoms with Crippen LogP contribution in [-0.2, 0) is 16.1 Å². The van der Waals surface area contributed by atoms with E-state index in [1.807, 2.05) is 13.8 Å². The van der Waals surface area contributed by atoms with Gasteiger partial charge in [-0.15, -0.1) is 0 Å². The second-order valence-corrected chi connectivity index (χ2v) is 5.85. The summed E-state index contributed by atoms with van der Waals surface area (Å²) < 4.78 is 1.10. The Hall–Kier alpha value is -2.71. The van der Waals surface area contributed by atoms with Gasteiger partial charge in [0.1, 0.15) is 17.5 Å². The second-order valence-electron chi connectivity index (χ2n) is 5.85. The Morgan fingerprint density at radius 3 is 2.78 bits per heavy atom. The van der Waals surface area contributed by atoms with Crippen LogP contribution in [0.25, 0.3) is 0 Å². The maximum absolute atomic E-state index is 12.3. The van der Waals surface area contributed by atoms with Crippen LogP contribution < -0.4 is 5.32 Å². The first-order valence-corrected chi connectivity index (χ1v) is 7.16. The second kappa shape index (κ2) is 6.19. The Balaban J connectivity index is 2.27. The lowest BCUT2D eigenvalue weighted by atomic mass is 10.0. The number of aliphatic hydroxyl groups excluding tert-OH is 1. The standard InChI is InChI=1S/C14H18N4O5/c1-7(2)4-9-13(20)12(14(21)16-9)10(19)6-17-8(3)15-5-11(17)18(22)23/h5,7,9,20H,4,6H2,1-3H3,(H,16,21). The fourth-order valence-corrected chi connectivity index (χ4v) is 2.52. The number of Topliss-reactive ketones (excluding diaryl/α,β-unsaturated/α-hetero) is 1. The van der Waals surface area contributed by atoms with Crippen molar-refractivity contribution in [2.45, 2.75) is 39.8 Å². The minimum atomic E-state index is -0.685. The zero-order valence-electron chi connectivity index (χ0n) is 13.1. The number of hydrogen-bond acceptors (Lipinski definition) is 6. The van der Waals surface area contributed by atoms with Crippen molar-refractivity contribution in [2.24, 2.45) is 5.92 Å². The summed E-state index contributed by atoms with van der Waals surface area (Å²) in [5.74, 6) is -1.48. The predicted octanol–water partition coefficient (Wildman–Crippen LogP) is 1.03. The summed E-state index contributed by atoms with van der Waals surface area (Å²) in [4.78, 5) is 38.4. The molecule has 1 amide bonds. The van der Waals surface area contributed by atoms with E-state index >= 15 is 0 Å². The van der Waals surface area contributed by atoms with E-state index in [0.29, 0.717) is 6.42 Å². The molecule has 2 rings (SSSR count). The topological polar surface area (TPSA) is 127 Å². The summed E-state index contributed by atoms with van der Waals surface area (Å²) in [7, 11) is 0. The highest BCUT2D eigenvalue weighted by atomic mass is 16.6. The van der Waals surface area contributed by atoms with Gasteiger partial charge >= 0.3 is 5.82 Å². The average molecular weight is 322 g/mol. The van der Waals surface area contributed by atoms with Gasteiger partial charge in [-0.3, -0.25) is 9.59 Å². The lowest BCUT2D eigenvalue weighted by Crippen LogP contribution is -2.31. The highest BCUT2D eigenvalue weighted by Gasteiger charge is 2.37. The van der Waals surface area contributed by atoms with Crippen LogP contribution in [0.5, 0.6) is 0 Å². The van der Waals surface area contributed by atoms with Crippen molar-refractivity contribution in [1.82, 2.24) is 14.9 Å². The van der Waals surface area contributed by atoms with Crippen molar-refractivity contribution in [3.8, 4) is 0 Å². The van der Waals surface area contributed by atoms with Crippen molar-refractivity contribution in [2.75, 3.05) is 0 Å².